The van der Waals surface area contributed by atoms with Crippen LogP contribution in [-0.2, 0) is 0 Å². The SMILES string of the molecule is COc1c(F)cc(F)cc1[C@H]1C[C@H](F)CN1C(=O)c1[nH]nc2ncnc(N[C@@H]3CCC[C@@H](O)[C@H]3O)c12. The molecule has 5 atom stereocenters. The number of nitrogens with zero attached hydrogens (tertiary/aromatic N) is 4. The van der Waals surface area contributed by atoms with E-state index in [0.29, 0.717) is 25.3 Å². The van der Waals surface area contributed by atoms with E-state index >= 15 is 0 Å². The number of rotatable bonds is 5. The Labute approximate surface area is 203 Å². The number of carbonyl (C=O) groups is 1. The van der Waals surface area contributed by atoms with E-state index < -0.39 is 48.0 Å². The summed E-state index contributed by atoms with van der Waals surface area (Å²) in [5, 5.41) is 30.4. The number of nitrogens with one attached hydrogen (secondary N) is 2. The summed E-state index contributed by atoms with van der Waals surface area (Å²) < 4.78 is 48.1. The molecular weight excluding hydrogens is 481 g/mol. The number of fused-ring (bicyclic) bond motifs is 1. The number of hydrogen-bond donors (Lipinski definition) is 4. The molecule has 36 heavy (non-hydrogen) atoms. The first-order chi connectivity index (χ1) is 17.3. The van der Waals surface area contributed by atoms with Gasteiger partial charge in [0.05, 0.1) is 43.3 Å². The lowest BCUT2D eigenvalue weighted by Crippen LogP contribution is -2.45. The lowest BCUT2D eigenvalue weighted by molar-refractivity contribution is -0.0161. The first-order valence-electron chi connectivity index (χ1n) is 11.6. The highest BCUT2D eigenvalue weighted by Crippen LogP contribution is 2.41. The molecule has 1 amide bonds. The molecule has 1 aliphatic carbocycles. The van der Waals surface area contributed by atoms with E-state index in [4.69, 9.17) is 4.74 Å². The predicted molar refractivity (Wildman–Crippen MR) is 121 cm³/mol. The Bertz CT molecular complexity index is 1290. The number of carbonyl (C=O) groups excluding carboxylic acids is 1. The molecule has 5 rings (SSSR count). The Morgan fingerprint density at radius 2 is 2.06 bits per heavy atom. The van der Waals surface area contributed by atoms with Crippen LogP contribution in [0.2, 0.25) is 0 Å². The number of aromatic nitrogens is 4. The molecule has 1 aromatic carbocycles. The van der Waals surface area contributed by atoms with Crippen LogP contribution in [0.25, 0.3) is 11.0 Å². The van der Waals surface area contributed by atoms with E-state index in [1.54, 1.807) is 0 Å². The summed E-state index contributed by atoms with van der Waals surface area (Å²) in [6.07, 6.45) is -0.593. The number of amides is 1. The maximum absolute atomic E-state index is 14.6. The number of anilines is 1. The topological polar surface area (TPSA) is 136 Å². The van der Waals surface area contributed by atoms with Crippen molar-refractivity contribution in [3.05, 3.63) is 41.4 Å². The van der Waals surface area contributed by atoms with Gasteiger partial charge in [0.1, 0.15) is 29.8 Å². The smallest absolute Gasteiger partial charge is 0.273 e. The van der Waals surface area contributed by atoms with Gasteiger partial charge >= 0.3 is 0 Å². The molecule has 2 aliphatic rings. The normalized spacial score (nSPS) is 26.4. The van der Waals surface area contributed by atoms with Gasteiger partial charge in [-0.05, 0) is 25.3 Å². The van der Waals surface area contributed by atoms with Crippen LogP contribution in [0.5, 0.6) is 5.75 Å². The van der Waals surface area contributed by atoms with Crippen molar-refractivity contribution in [1.82, 2.24) is 25.1 Å². The number of aliphatic hydroxyl groups excluding tert-OH is 2. The summed E-state index contributed by atoms with van der Waals surface area (Å²) in [5.41, 5.74) is 0.124. The number of alkyl halides is 1. The van der Waals surface area contributed by atoms with Crippen molar-refractivity contribution in [3.63, 3.8) is 0 Å². The van der Waals surface area contributed by atoms with Gasteiger partial charge in [-0.25, -0.2) is 23.1 Å². The average Bonchev–Trinajstić information content (AvgIpc) is 3.45. The third-order valence-electron chi connectivity index (χ3n) is 6.82. The third kappa shape index (κ3) is 4.22. The van der Waals surface area contributed by atoms with Gasteiger partial charge in [0.25, 0.3) is 5.91 Å². The Morgan fingerprint density at radius 3 is 2.83 bits per heavy atom. The summed E-state index contributed by atoms with van der Waals surface area (Å²) >= 11 is 0. The van der Waals surface area contributed by atoms with Crippen LogP contribution < -0.4 is 10.1 Å². The van der Waals surface area contributed by atoms with Gasteiger partial charge in [0.2, 0.25) is 0 Å². The van der Waals surface area contributed by atoms with E-state index in [1.165, 1.54) is 18.3 Å². The molecule has 192 valence electrons. The lowest BCUT2D eigenvalue weighted by atomic mass is 9.90. The fourth-order valence-electron chi connectivity index (χ4n) is 5.10. The molecular formula is C23H25F3N6O4. The fraction of sp³-hybridized carbons (Fsp3) is 0.478. The van der Waals surface area contributed by atoms with E-state index in [-0.39, 0.29) is 46.8 Å². The highest BCUT2D eigenvalue weighted by molar-refractivity contribution is 6.08. The van der Waals surface area contributed by atoms with Gasteiger partial charge < -0.3 is 25.2 Å². The zero-order valence-corrected chi connectivity index (χ0v) is 19.3. The maximum Gasteiger partial charge on any atom is 0.273 e. The minimum atomic E-state index is -1.43. The van der Waals surface area contributed by atoms with Gasteiger partial charge in [-0.3, -0.25) is 9.89 Å². The molecule has 0 unspecified atom stereocenters. The summed E-state index contributed by atoms with van der Waals surface area (Å²) in [7, 11) is 1.21. The molecule has 1 saturated heterocycles. The van der Waals surface area contributed by atoms with Crippen molar-refractivity contribution in [3.8, 4) is 5.75 Å². The highest BCUT2D eigenvalue weighted by atomic mass is 19.1. The molecule has 1 aliphatic heterocycles. The maximum atomic E-state index is 14.6. The van der Waals surface area contributed by atoms with Gasteiger partial charge in [0, 0.05) is 18.1 Å². The molecule has 4 N–H and O–H groups in total. The average molecular weight is 506 g/mol. The van der Waals surface area contributed by atoms with E-state index in [1.807, 2.05) is 0 Å². The number of aliphatic hydroxyl groups is 2. The highest BCUT2D eigenvalue weighted by Gasteiger charge is 2.40. The third-order valence-corrected chi connectivity index (χ3v) is 6.82. The number of methoxy groups -OCH3 is 1. The van der Waals surface area contributed by atoms with E-state index in [2.05, 4.69) is 25.5 Å². The quantitative estimate of drug-likeness (QED) is 0.414. The second kappa shape index (κ2) is 9.54. The number of ether oxygens (including phenoxy) is 1. The molecule has 0 bridgehead atoms. The van der Waals surface area contributed by atoms with Gasteiger partial charge in [-0.2, -0.15) is 5.10 Å². The predicted octanol–water partition coefficient (Wildman–Crippen LogP) is 2.25. The van der Waals surface area contributed by atoms with Crippen LogP contribution in [-0.4, -0.2) is 79.3 Å². The van der Waals surface area contributed by atoms with Crippen LogP contribution in [0.15, 0.2) is 18.5 Å². The van der Waals surface area contributed by atoms with Crippen LogP contribution in [0.3, 0.4) is 0 Å². The van der Waals surface area contributed by atoms with Gasteiger partial charge in [-0.1, -0.05) is 0 Å². The lowest BCUT2D eigenvalue weighted by Gasteiger charge is -2.32. The number of hydrogen-bond acceptors (Lipinski definition) is 8. The Hall–Kier alpha value is -3.45. The van der Waals surface area contributed by atoms with Crippen molar-refractivity contribution < 1.29 is 32.9 Å². The summed E-state index contributed by atoms with van der Waals surface area (Å²) in [4.78, 5) is 23.1. The molecule has 3 aromatic rings. The number of halogens is 3. The van der Waals surface area contributed by atoms with Crippen LogP contribution in [0, 0.1) is 11.6 Å². The standard InChI is InChI=1S/C23H25F3N6O4/c1-36-20-12(5-10(24)6-13(20)26)15-7-11(25)8-32(15)23(35)18-17-21(27-9-28-22(17)31-30-18)29-14-3-2-4-16(33)19(14)34/h5-6,9,11,14-16,19,33-34H,2-4,7-8H2,1H3,(H2,27,28,29,30,31)/t11-,14+,15+,16+,19-/m0/s1. The van der Waals surface area contributed by atoms with Crippen molar-refractivity contribution in [2.45, 2.75) is 56.1 Å². The molecule has 2 aromatic heterocycles. The van der Waals surface area contributed by atoms with E-state index in [9.17, 15) is 28.2 Å². The van der Waals surface area contributed by atoms with Gasteiger partial charge in [-0.15, -0.1) is 0 Å². The van der Waals surface area contributed by atoms with Crippen LogP contribution in [0.1, 0.15) is 47.8 Å². The molecule has 2 fully saturated rings. The van der Waals surface area contributed by atoms with Crippen LogP contribution in [0.4, 0.5) is 19.0 Å². The zero-order chi connectivity index (χ0) is 25.6. The second-order valence-electron chi connectivity index (χ2n) is 9.08. The summed E-state index contributed by atoms with van der Waals surface area (Å²) in [6.45, 7) is -0.310. The number of aromatic amines is 1. The number of benzene rings is 1. The molecule has 1 saturated carbocycles. The van der Waals surface area contributed by atoms with E-state index in [0.717, 1.165) is 6.07 Å². The molecule has 0 spiro atoms. The van der Waals surface area contributed by atoms with Crippen molar-refractivity contribution >= 4 is 22.8 Å². The molecule has 0 radical (unpaired) electrons. The summed E-state index contributed by atoms with van der Waals surface area (Å²) in [5.74, 6) is -2.56. The van der Waals surface area contributed by atoms with Crippen molar-refractivity contribution in [1.29, 1.82) is 0 Å². The molecule has 10 nitrogen and oxygen atoms in total. The first-order valence-corrected chi connectivity index (χ1v) is 11.6. The Kier molecular flexibility index (Phi) is 6.43. The van der Waals surface area contributed by atoms with Crippen LogP contribution >= 0.6 is 0 Å². The van der Waals surface area contributed by atoms with Crippen molar-refractivity contribution in [2.24, 2.45) is 0 Å². The second-order valence-corrected chi connectivity index (χ2v) is 9.08. The van der Waals surface area contributed by atoms with Crippen molar-refractivity contribution in [2.75, 3.05) is 19.0 Å². The monoisotopic (exact) mass is 506 g/mol. The Balaban J connectivity index is 1.52. The summed E-state index contributed by atoms with van der Waals surface area (Å²) in [6, 6.07) is 0.160. The molecule has 13 heteroatoms. The Morgan fingerprint density at radius 1 is 1.25 bits per heavy atom. The largest absolute Gasteiger partial charge is 0.493 e. The van der Waals surface area contributed by atoms with Gasteiger partial charge in [0.15, 0.2) is 17.2 Å². The zero-order valence-electron chi connectivity index (χ0n) is 19.3. The number of H-pyrrole nitrogens is 1. The first kappa shape index (κ1) is 24.3. The molecule has 3 heterocycles. The minimum absolute atomic E-state index is 0.0150. The minimum Gasteiger partial charge on any atom is -0.493 e. The fourth-order valence-corrected chi connectivity index (χ4v) is 5.10. The number of likely N-dealkylation sites (tertiary alicyclic amines) is 1.